The van der Waals surface area contributed by atoms with Crippen molar-refractivity contribution in [3.8, 4) is 11.5 Å². The maximum Gasteiger partial charge on any atom is 0.250 e. The lowest BCUT2D eigenvalue weighted by molar-refractivity contribution is -0.143. The molecule has 4 heterocycles. The highest BCUT2D eigenvalue weighted by atomic mass is 16.7. The van der Waals surface area contributed by atoms with Crippen molar-refractivity contribution >= 4 is 23.4 Å². The van der Waals surface area contributed by atoms with Gasteiger partial charge in [0.25, 0.3) is 0 Å². The molecule has 4 aliphatic rings. The number of likely N-dealkylation sites (tertiary alicyclic amines) is 1. The van der Waals surface area contributed by atoms with Crippen molar-refractivity contribution in [2.75, 3.05) is 12.1 Å². The third-order valence-corrected chi connectivity index (χ3v) is 7.51. The first kappa shape index (κ1) is 21.1. The van der Waals surface area contributed by atoms with Gasteiger partial charge in [0.05, 0.1) is 24.5 Å². The molecule has 6 rings (SSSR count). The van der Waals surface area contributed by atoms with Crippen LogP contribution in [0.5, 0.6) is 11.5 Å². The number of fused-ring (bicyclic) bond motifs is 5. The Kier molecular flexibility index (Phi) is 4.53. The first-order chi connectivity index (χ1) is 16.3. The van der Waals surface area contributed by atoms with E-state index in [1.54, 1.807) is 25.1 Å². The molecule has 3 N–H and O–H groups in total. The number of hydrogen-bond acceptors (Lipinski definition) is 7. The third-order valence-electron chi connectivity index (χ3n) is 7.51. The van der Waals surface area contributed by atoms with Gasteiger partial charge in [0.1, 0.15) is 5.54 Å². The summed E-state index contributed by atoms with van der Waals surface area (Å²) in [4.78, 5) is 42.1. The number of nitrogens with zero attached hydrogens (tertiary/aromatic N) is 1. The Hall–Kier alpha value is -3.43. The fourth-order valence-corrected chi connectivity index (χ4v) is 5.85. The fraction of sp³-hybridized carbons (Fsp3) is 0.400. The number of aliphatic hydroxyl groups excluding tert-OH is 1. The number of anilines is 1. The number of ether oxygens (including phenoxy) is 2. The highest BCUT2D eigenvalue weighted by molar-refractivity contribution is 6.15. The van der Waals surface area contributed by atoms with Gasteiger partial charge < -0.3 is 19.9 Å². The zero-order valence-electron chi connectivity index (χ0n) is 18.8. The smallest absolute Gasteiger partial charge is 0.250 e. The van der Waals surface area contributed by atoms with Crippen LogP contribution in [0.4, 0.5) is 5.69 Å². The molecule has 34 heavy (non-hydrogen) atoms. The van der Waals surface area contributed by atoms with E-state index >= 15 is 0 Å². The van der Waals surface area contributed by atoms with Crippen LogP contribution in [0.3, 0.4) is 0 Å². The Morgan fingerprint density at radius 3 is 2.62 bits per heavy atom. The SMILES string of the molecule is CCc1ccc2c(c1)[C@@]1(N[C@H]([C@@H](C)O)[C@H]3C(=O)N(Cc4ccc5c(c4)OCO5)C(=O)[C@@H]31)C(=O)N2. The molecule has 176 valence electrons. The van der Waals surface area contributed by atoms with Crippen LogP contribution in [-0.4, -0.2) is 46.7 Å². The molecular formula is C25H25N3O6. The molecule has 1 spiro atoms. The summed E-state index contributed by atoms with van der Waals surface area (Å²) in [5, 5.41) is 16.7. The summed E-state index contributed by atoms with van der Waals surface area (Å²) in [7, 11) is 0. The number of rotatable bonds is 4. The lowest BCUT2D eigenvalue weighted by Crippen LogP contribution is -2.54. The van der Waals surface area contributed by atoms with Gasteiger partial charge in [0, 0.05) is 17.3 Å². The predicted octanol–water partition coefficient (Wildman–Crippen LogP) is 1.28. The maximum absolute atomic E-state index is 13.8. The van der Waals surface area contributed by atoms with Crippen LogP contribution in [0.1, 0.15) is 30.5 Å². The minimum Gasteiger partial charge on any atom is -0.454 e. The summed E-state index contributed by atoms with van der Waals surface area (Å²) in [6.07, 6.45) is -0.186. The first-order valence-electron chi connectivity index (χ1n) is 11.5. The van der Waals surface area contributed by atoms with Crippen LogP contribution in [0.25, 0.3) is 0 Å². The molecule has 9 nitrogen and oxygen atoms in total. The summed E-state index contributed by atoms with van der Waals surface area (Å²) >= 11 is 0. The molecular weight excluding hydrogens is 438 g/mol. The summed E-state index contributed by atoms with van der Waals surface area (Å²) < 4.78 is 10.8. The van der Waals surface area contributed by atoms with Crippen molar-refractivity contribution in [2.45, 2.75) is 44.5 Å². The predicted molar refractivity (Wildman–Crippen MR) is 120 cm³/mol. The molecule has 0 aromatic heterocycles. The number of hydrogen-bond donors (Lipinski definition) is 3. The lowest BCUT2D eigenvalue weighted by Gasteiger charge is -2.30. The number of nitrogens with one attached hydrogen (secondary N) is 2. The quantitative estimate of drug-likeness (QED) is 0.585. The van der Waals surface area contributed by atoms with Gasteiger partial charge in [-0.3, -0.25) is 24.6 Å². The van der Waals surface area contributed by atoms with E-state index in [1.165, 1.54) is 4.90 Å². The average molecular weight is 463 g/mol. The van der Waals surface area contributed by atoms with Gasteiger partial charge in [-0.25, -0.2) is 0 Å². The normalized spacial score (nSPS) is 29.6. The Morgan fingerprint density at radius 1 is 1.09 bits per heavy atom. The zero-order valence-corrected chi connectivity index (χ0v) is 18.8. The van der Waals surface area contributed by atoms with Gasteiger partial charge >= 0.3 is 0 Å². The van der Waals surface area contributed by atoms with Crippen molar-refractivity contribution in [2.24, 2.45) is 11.8 Å². The summed E-state index contributed by atoms with van der Waals surface area (Å²) in [6.45, 7) is 3.76. The molecule has 2 aromatic rings. The van der Waals surface area contributed by atoms with Crippen molar-refractivity contribution in [1.82, 2.24) is 10.2 Å². The number of carbonyl (C=O) groups excluding carboxylic acids is 3. The minimum absolute atomic E-state index is 0.0490. The van der Waals surface area contributed by atoms with Crippen molar-refractivity contribution < 1.29 is 29.0 Å². The van der Waals surface area contributed by atoms with E-state index in [0.717, 1.165) is 12.0 Å². The molecule has 2 fully saturated rings. The number of imide groups is 1. The third kappa shape index (κ3) is 2.71. The number of benzene rings is 2. The second-order valence-electron chi connectivity index (χ2n) is 9.36. The van der Waals surface area contributed by atoms with Gasteiger partial charge in [-0.05, 0) is 42.7 Å². The summed E-state index contributed by atoms with van der Waals surface area (Å²) in [5.41, 5.74) is 1.59. The molecule has 9 heteroatoms. The van der Waals surface area contributed by atoms with Crippen LogP contribution >= 0.6 is 0 Å². The van der Waals surface area contributed by atoms with Crippen LogP contribution in [0.2, 0.25) is 0 Å². The number of aryl methyl sites for hydroxylation is 1. The van der Waals surface area contributed by atoms with E-state index in [2.05, 4.69) is 10.6 Å². The molecule has 0 radical (unpaired) electrons. The number of aliphatic hydroxyl groups is 1. The summed E-state index contributed by atoms with van der Waals surface area (Å²) in [5.74, 6) is -1.83. The Labute approximate surface area is 196 Å². The van der Waals surface area contributed by atoms with E-state index in [9.17, 15) is 19.5 Å². The van der Waals surface area contributed by atoms with Crippen LogP contribution in [-0.2, 0) is 32.9 Å². The van der Waals surface area contributed by atoms with E-state index in [4.69, 9.17) is 9.47 Å². The van der Waals surface area contributed by atoms with Crippen molar-refractivity contribution in [3.05, 3.63) is 53.1 Å². The molecule has 2 aromatic carbocycles. The molecule has 0 saturated carbocycles. The van der Waals surface area contributed by atoms with E-state index in [0.29, 0.717) is 28.3 Å². The van der Waals surface area contributed by atoms with E-state index in [-0.39, 0.29) is 19.2 Å². The highest BCUT2D eigenvalue weighted by Gasteiger charge is 2.71. The molecule has 2 saturated heterocycles. The number of amides is 3. The van der Waals surface area contributed by atoms with Crippen LogP contribution < -0.4 is 20.1 Å². The monoisotopic (exact) mass is 463 g/mol. The van der Waals surface area contributed by atoms with E-state index < -0.39 is 41.3 Å². The maximum atomic E-state index is 13.8. The zero-order chi connectivity index (χ0) is 23.8. The first-order valence-corrected chi connectivity index (χ1v) is 11.5. The second-order valence-corrected chi connectivity index (χ2v) is 9.36. The topological polar surface area (TPSA) is 117 Å². The standard InChI is InChI=1S/C25H25N3O6/c1-3-13-4-6-16-15(8-13)25(24(32)26-16)20-19(21(27-25)12(2)29)22(30)28(23(20)31)10-14-5-7-17-18(9-14)34-11-33-17/h4-9,12,19-21,27,29H,3,10-11H2,1-2H3,(H,26,32)/t12-,19+,20-,21-,25+/m1/s1. The second kappa shape index (κ2) is 7.28. The number of carbonyl (C=O) groups is 3. The van der Waals surface area contributed by atoms with Gasteiger partial charge in [-0.15, -0.1) is 0 Å². The largest absolute Gasteiger partial charge is 0.454 e. The molecule has 0 bridgehead atoms. The van der Waals surface area contributed by atoms with E-state index in [1.807, 2.05) is 25.1 Å². The van der Waals surface area contributed by atoms with Crippen molar-refractivity contribution in [1.29, 1.82) is 0 Å². The van der Waals surface area contributed by atoms with Gasteiger partial charge in [0.2, 0.25) is 24.5 Å². The lowest BCUT2D eigenvalue weighted by atomic mass is 9.76. The highest BCUT2D eigenvalue weighted by Crippen LogP contribution is 2.53. The molecule has 0 unspecified atom stereocenters. The Balaban J connectivity index is 1.42. The van der Waals surface area contributed by atoms with Crippen LogP contribution in [0, 0.1) is 11.8 Å². The fourth-order valence-electron chi connectivity index (χ4n) is 5.85. The molecule has 3 amide bonds. The Bertz CT molecular complexity index is 1240. The van der Waals surface area contributed by atoms with Crippen molar-refractivity contribution in [3.63, 3.8) is 0 Å². The average Bonchev–Trinajstić information content (AvgIpc) is 3.55. The van der Waals surface area contributed by atoms with Gasteiger partial charge in [0.15, 0.2) is 11.5 Å². The molecule has 4 aliphatic heterocycles. The Morgan fingerprint density at radius 2 is 1.85 bits per heavy atom. The summed E-state index contributed by atoms with van der Waals surface area (Å²) in [6, 6.07) is 10.2. The molecule has 0 aliphatic carbocycles. The van der Waals surface area contributed by atoms with Gasteiger partial charge in [-0.2, -0.15) is 0 Å². The van der Waals surface area contributed by atoms with Gasteiger partial charge in [-0.1, -0.05) is 25.1 Å². The van der Waals surface area contributed by atoms with Crippen LogP contribution in [0.15, 0.2) is 36.4 Å². The molecule has 5 atom stereocenters. The minimum atomic E-state index is -1.41.